The summed E-state index contributed by atoms with van der Waals surface area (Å²) in [5, 5.41) is 1.75. The molecule has 0 atom stereocenters. The molecule has 0 aliphatic heterocycles. The molecule has 0 saturated carbocycles. The minimum Gasteiger partial charge on any atom is -0.397 e. The molecule has 1 aromatic carbocycles. The number of nitrogens with two attached hydrogens (primary N) is 1. The van der Waals surface area contributed by atoms with Gasteiger partial charge in [0.2, 0.25) is 0 Å². The van der Waals surface area contributed by atoms with Gasteiger partial charge in [-0.15, -0.1) is 11.3 Å². The van der Waals surface area contributed by atoms with Crippen molar-refractivity contribution in [3.05, 3.63) is 40.2 Å². The quantitative estimate of drug-likeness (QED) is 0.811. The molecular formula is C13H15BrN2O2S2. The Hall–Kier alpha value is -1.05. The van der Waals surface area contributed by atoms with Crippen LogP contribution in [0.25, 0.3) is 0 Å². The number of nitrogens with zero attached hydrogens (tertiary/aromatic N) is 1. The SMILES string of the molecule is CCCN(c1ccccc1N)S(=O)(=O)c1sccc1Br. The molecule has 2 aromatic rings. The summed E-state index contributed by atoms with van der Waals surface area (Å²) in [6.45, 7) is 2.33. The molecule has 0 unspecified atom stereocenters. The monoisotopic (exact) mass is 374 g/mol. The van der Waals surface area contributed by atoms with E-state index < -0.39 is 10.0 Å². The molecule has 0 radical (unpaired) electrons. The summed E-state index contributed by atoms with van der Waals surface area (Å²) in [6, 6.07) is 8.74. The third-order valence-corrected chi connectivity index (χ3v) is 7.20. The zero-order valence-corrected chi connectivity index (χ0v) is 14.1. The number of thiophene rings is 1. The third kappa shape index (κ3) is 2.84. The number of nitrogen functional groups attached to an aromatic ring is 1. The van der Waals surface area contributed by atoms with Crippen LogP contribution in [-0.4, -0.2) is 15.0 Å². The zero-order valence-electron chi connectivity index (χ0n) is 10.9. The second-order valence-corrected chi connectivity index (χ2v) is 8.02. The average Bonchev–Trinajstić information content (AvgIpc) is 2.84. The van der Waals surface area contributed by atoms with Gasteiger partial charge >= 0.3 is 0 Å². The highest BCUT2D eigenvalue weighted by molar-refractivity contribution is 9.10. The summed E-state index contributed by atoms with van der Waals surface area (Å²) in [4.78, 5) is 0. The summed E-state index contributed by atoms with van der Waals surface area (Å²) in [5.41, 5.74) is 6.90. The van der Waals surface area contributed by atoms with E-state index in [4.69, 9.17) is 5.73 Å². The molecule has 1 aromatic heterocycles. The Morgan fingerprint density at radius 1 is 1.30 bits per heavy atom. The van der Waals surface area contributed by atoms with Gasteiger partial charge in [-0.1, -0.05) is 19.1 Å². The van der Waals surface area contributed by atoms with Crippen molar-refractivity contribution in [3.8, 4) is 0 Å². The topological polar surface area (TPSA) is 63.4 Å². The number of benzene rings is 1. The highest BCUT2D eigenvalue weighted by Crippen LogP contribution is 2.34. The van der Waals surface area contributed by atoms with Gasteiger partial charge < -0.3 is 5.73 Å². The van der Waals surface area contributed by atoms with Crippen LogP contribution in [-0.2, 0) is 10.0 Å². The van der Waals surface area contributed by atoms with Crippen LogP contribution in [0.2, 0.25) is 0 Å². The van der Waals surface area contributed by atoms with Gasteiger partial charge in [0.1, 0.15) is 0 Å². The lowest BCUT2D eigenvalue weighted by atomic mass is 10.2. The lowest BCUT2D eigenvalue weighted by Gasteiger charge is -2.24. The van der Waals surface area contributed by atoms with E-state index in [0.717, 1.165) is 0 Å². The Morgan fingerprint density at radius 2 is 2.00 bits per heavy atom. The molecule has 0 aliphatic carbocycles. The van der Waals surface area contributed by atoms with E-state index >= 15 is 0 Å². The van der Waals surface area contributed by atoms with Crippen LogP contribution >= 0.6 is 27.3 Å². The zero-order chi connectivity index (χ0) is 14.8. The summed E-state index contributed by atoms with van der Waals surface area (Å²) in [5.74, 6) is 0. The summed E-state index contributed by atoms with van der Waals surface area (Å²) < 4.78 is 27.9. The highest BCUT2D eigenvalue weighted by Gasteiger charge is 2.28. The Labute approximate surface area is 131 Å². The number of rotatable bonds is 5. The molecule has 0 bridgehead atoms. The molecule has 4 nitrogen and oxygen atoms in total. The van der Waals surface area contributed by atoms with Crippen molar-refractivity contribution in [2.75, 3.05) is 16.6 Å². The summed E-state index contributed by atoms with van der Waals surface area (Å²) in [7, 11) is -3.60. The van der Waals surface area contributed by atoms with Crippen LogP contribution in [0, 0.1) is 0 Å². The van der Waals surface area contributed by atoms with E-state index in [9.17, 15) is 8.42 Å². The van der Waals surface area contributed by atoms with Crippen molar-refractivity contribution in [2.45, 2.75) is 17.6 Å². The molecule has 0 fully saturated rings. The first-order valence-electron chi connectivity index (χ1n) is 6.08. The number of halogens is 1. The number of hydrogen-bond donors (Lipinski definition) is 1. The summed E-state index contributed by atoms with van der Waals surface area (Å²) >= 11 is 4.48. The minimum atomic E-state index is -3.60. The molecule has 2 N–H and O–H groups in total. The first kappa shape index (κ1) is 15.3. The Bertz CT molecular complexity index is 698. The Morgan fingerprint density at radius 3 is 2.55 bits per heavy atom. The van der Waals surface area contributed by atoms with E-state index in [0.29, 0.717) is 33.0 Å². The van der Waals surface area contributed by atoms with Crippen molar-refractivity contribution < 1.29 is 8.42 Å². The molecular weight excluding hydrogens is 360 g/mol. The van der Waals surface area contributed by atoms with E-state index in [1.165, 1.54) is 15.6 Å². The van der Waals surface area contributed by atoms with Crippen LogP contribution in [0.4, 0.5) is 11.4 Å². The van der Waals surface area contributed by atoms with Crippen LogP contribution in [0.15, 0.2) is 44.4 Å². The lowest BCUT2D eigenvalue weighted by Crippen LogP contribution is -2.32. The Kier molecular flexibility index (Phi) is 4.72. The molecule has 1 heterocycles. The fourth-order valence-corrected chi connectivity index (χ4v) is 5.85. The fourth-order valence-electron chi connectivity index (χ4n) is 1.85. The van der Waals surface area contributed by atoms with Crippen LogP contribution in [0.5, 0.6) is 0 Å². The molecule has 7 heteroatoms. The normalized spacial score (nSPS) is 11.5. The second-order valence-electron chi connectivity index (χ2n) is 4.19. The van der Waals surface area contributed by atoms with Crippen LogP contribution < -0.4 is 10.0 Å². The molecule has 108 valence electrons. The minimum absolute atomic E-state index is 0.300. The van der Waals surface area contributed by atoms with Crippen molar-refractivity contribution in [1.29, 1.82) is 0 Å². The fraction of sp³-hybridized carbons (Fsp3) is 0.231. The van der Waals surface area contributed by atoms with Gasteiger partial charge in [-0.25, -0.2) is 8.42 Å². The molecule has 0 amide bonds. The van der Waals surface area contributed by atoms with Gasteiger partial charge in [0, 0.05) is 11.0 Å². The highest BCUT2D eigenvalue weighted by atomic mass is 79.9. The van der Waals surface area contributed by atoms with E-state index in [1.807, 2.05) is 6.92 Å². The average molecular weight is 375 g/mol. The summed E-state index contributed by atoms with van der Waals surface area (Å²) in [6.07, 6.45) is 0.705. The lowest BCUT2D eigenvalue weighted by molar-refractivity contribution is 0.592. The predicted octanol–water partition coefficient (Wildman–Crippen LogP) is 3.70. The van der Waals surface area contributed by atoms with Gasteiger partial charge in [0.15, 0.2) is 4.21 Å². The predicted molar refractivity (Wildman–Crippen MR) is 87.7 cm³/mol. The van der Waals surface area contributed by atoms with E-state index in [1.54, 1.807) is 35.7 Å². The maximum atomic E-state index is 12.8. The maximum absolute atomic E-state index is 12.8. The van der Waals surface area contributed by atoms with E-state index in [-0.39, 0.29) is 0 Å². The molecule has 0 aliphatic rings. The number of para-hydroxylation sites is 2. The van der Waals surface area contributed by atoms with Gasteiger partial charge in [-0.3, -0.25) is 4.31 Å². The number of sulfonamides is 1. The van der Waals surface area contributed by atoms with E-state index in [2.05, 4.69) is 15.9 Å². The second kappa shape index (κ2) is 6.15. The standard InChI is InChI=1S/C13H15BrN2O2S2/c1-2-8-16(12-6-4-3-5-11(12)15)20(17,18)13-10(14)7-9-19-13/h3-7,9H,2,8,15H2,1H3. The maximum Gasteiger partial charge on any atom is 0.275 e. The van der Waals surface area contributed by atoms with Crippen molar-refractivity contribution >= 4 is 48.7 Å². The molecule has 2 rings (SSSR count). The van der Waals surface area contributed by atoms with Gasteiger partial charge in [0.05, 0.1) is 11.4 Å². The van der Waals surface area contributed by atoms with Gasteiger partial charge in [-0.2, -0.15) is 0 Å². The van der Waals surface area contributed by atoms with Crippen LogP contribution in [0.3, 0.4) is 0 Å². The first-order chi connectivity index (χ1) is 9.48. The molecule has 0 spiro atoms. The van der Waals surface area contributed by atoms with Gasteiger partial charge in [0.25, 0.3) is 10.0 Å². The van der Waals surface area contributed by atoms with Crippen LogP contribution in [0.1, 0.15) is 13.3 Å². The molecule has 0 saturated heterocycles. The smallest absolute Gasteiger partial charge is 0.275 e. The first-order valence-corrected chi connectivity index (χ1v) is 9.20. The third-order valence-electron chi connectivity index (χ3n) is 2.74. The Balaban J connectivity index is 2.55. The van der Waals surface area contributed by atoms with Crippen molar-refractivity contribution in [2.24, 2.45) is 0 Å². The van der Waals surface area contributed by atoms with Crippen molar-refractivity contribution in [3.63, 3.8) is 0 Å². The largest absolute Gasteiger partial charge is 0.397 e. The van der Waals surface area contributed by atoms with Crippen molar-refractivity contribution in [1.82, 2.24) is 0 Å². The van der Waals surface area contributed by atoms with Gasteiger partial charge in [-0.05, 0) is 45.9 Å². The number of anilines is 2. The molecule has 20 heavy (non-hydrogen) atoms. The number of hydrogen-bond acceptors (Lipinski definition) is 4.